The standard InChI is InChI=1S/C50H31NS.C26H17Br.C25H16S/c1-2-14-32(15-3-1)48-39-20-4-6-22-41(39)49(42-23-7-5-21-40(42)48)34-16-12-17-35(30-34)51-45-26-10-8-18-37(45)44-31-33(28-29-46(44)51)36-24-13-25-43-38-19-9-11-27-47(38)52-50(36)43;27-20-12-8-11-19(17-20)26-23-15-6-4-13-21(23)25(18-9-2-1-3-10-18)22-14-5-7-16-24(22)26;1-2-7-19-16(6-1)14-17-12-13-18(15-23(17)19)20-9-5-10-22-21-8-3-4-11-24(21)26-25(20)22/h1-31H;1-17H;1-13,15H,14H2. The molecule has 1 aliphatic carbocycles. The molecule has 3 heterocycles. The molecular weight excluding hydrogens is 1370 g/mol. The average molecular weight is 1440 g/mol. The van der Waals surface area contributed by atoms with Gasteiger partial charge in [0.25, 0.3) is 0 Å². The Morgan fingerprint density at radius 3 is 1.12 bits per heavy atom. The van der Waals surface area contributed by atoms with E-state index in [2.05, 4.69) is 397 Å². The van der Waals surface area contributed by atoms with E-state index >= 15 is 0 Å². The van der Waals surface area contributed by atoms with Gasteiger partial charge in [0.2, 0.25) is 0 Å². The Morgan fingerprint density at radius 1 is 0.219 bits per heavy atom. The summed E-state index contributed by atoms with van der Waals surface area (Å²) in [5.41, 5.74) is 24.6. The number of para-hydroxylation sites is 1. The fraction of sp³-hybridized carbons (Fsp3) is 0.00990. The van der Waals surface area contributed by atoms with Crippen molar-refractivity contribution in [1.82, 2.24) is 4.57 Å². The normalized spacial score (nSPS) is 11.8. The maximum absolute atomic E-state index is 3.64. The second-order valence-corrected chi connectivity index (χ2v) is 30.3. The highest BCUT2D eigenvalue weighted by atomic mass is 79.9. The van der Waals surface area contributed by atoms with Gasteiger partial charge in [0.05, 0.1) is 11.0 Å². The van der Waals surface area contributed by atoms with Crippen LogP contribution in [0.3, 0.4) is 0 Å². The molecule has 0 radical (unpaired) electrons. The number of fused-ring (bicyclic) bond motifs is 16. The molecule has 0 aliphatic heterocycles. The third kappa shape index (κ3) is 10.8. The van der Waals surface area contributed by atoms with Crippen molar-refractivity contribution < 1.29 is 0 Å². The molecule has 0 bridgehead atoms. The van der Waals surface area contributed by atoms with Crippen LogP contribution in [0.4, 0.5) is 0 Å². The van der Waals surface area contributed by atoms with Crippen LogP contribution in [0, 0.1) is 0 Å². The molecule has 492 valence electrons. The number of aromatic nitrogens is 1. The highest BCUT2D eigenvalue weighted by Crippen LogP contribution is 2.49. The van der Waals surface area contributed by atoms with Crippen LogP contribution in [0.15, 0.2) is 381 Å². The lowest BCUT2D eigenvalue weighted by Gasteiger charge is -2.18. The van der Waals surface area contributed by atoms with E-state index in [0.717, 1.165) is 16.6 Å². The molecule has 1 nitrogen and oxygen atoms in total. The van der Waals surface area contributed by atoms with Crippen LogP contribution in [-0.4, -0.2) is 4.57 Å². The molecule has 3 aromatic heterocycles. The van der Waals surface area contributed by atoms with Gasteiger partial charge < -0.3 is 4.57 Å². The Bertz CT molecular complexity index is 6900. The van der Waals surface area contributed by atoms with Crippen molar-refractivity contribution in [3.63, 3.8) is 0 Å². The minimum atomic E-state index is 1.05. The minimum Gasteiger partial charge on any atom is -0.309 e. The van der Waals surface area contributed by atoms with Crippen LogP contribution in [0.1, 0.15) is 11.1 Å². The van der Waals surface area contributed by atoms with Gasteiger partial charge in [-0.05, 0) is 199 Å². The topological polar surface area (TPSA) is 4.93 Å². The molecule has 4 heteroatoms. The van der Waals surface area contributed by atoms with Crippen LogP contribution in [0.25, 0.3) is 189 Å². The molecule has 0 unspecified atom stereocenters. The van der Waals surface area contributed by atoms with E-state index in [1.807, 2.05) is 22.7 Å². The third-order valence-corrected chi connectivity index (χ3v) is 24.3. The second kappa shape index (κ2) is 26.2. The van der Waals surface area contributed by atoms with Crippen molar-refractivity contribution in [1.29, 1.82) is 0 Å². The zero-order valence-corrected chi connectivity index (χ0v) is 60.4. The lowest BCUT2D eigenvalue weighted by atomic mass is 9.86. The van der Waals surface area contributed by atoms with Crippen molar-refractivity contribution in [2.24, 2.45) is 0 Å². The molecule has 21 aromatic rings. The maximum Gasteiger partial charge on any atom is 0.0541 e. The number of nitrogens with zero attached hydrogens (tertiary/aromatic N) is 1. The molecule has 0 saturated carbocycles. The molecule has 105 heavy (non-hydrogen) atoms. The summed E-state index contributed by atoms with van der Waals surface area (Å²) in [6.45, 7) is 0. The van der Waals surface area contributed by atoms with Crippen molar-refractivity contribution in [3.8, 4) is 83.6 Å². The van der Waals surface area contributed by atoms with E-state index in [1.165, 1.54) is 194 Å². The Balaban J connectivity index is 0.000000116. The van der Waals surface area contributed by atoms with Crippen LogP contribution in [0.2, 0.25) is 0 Å². The van der Waals surface area contributed by atoms with E-state index in [-0.39, 0.29) is 0 Å². The molecular formula is C101H64BrNS2. The lowest BCUT2D eigenvalue weighted by molar-refractivity contribution is 1.18. The van der Waals surface area contributed by atoms with Crippen molar-refractivity contribution >= 4 is 144 Å². The number of halogens is 1. The Hall–Kier alpha value is -12.3. The fourth-order valence-electron chi connectivity index (χ4n) is 16.8. The van der Waals surface area contributed by atoms with E-state index in [0.29, 0.717) is 0 Å². The Morgan fingerprint density at radius 2 is 0.590 bits per heavy atom. The van der Waals surface area contributed by atoms with Gasteiger partial charge in [-0.2, -0.15) is 0 Å². The molecule has 22 rings (SSSR count). The van der Waals surface area contributed by atoms with Gasteiger partial charge in [-0.3, -0.25) is 0 Å². The number of benzene rings is 18. The van der Waals surface area contributed by atoms with Gasteiger partial charge in [-0.15, -0.1) is 22.7 Å². The minimum absolute atomic E-state index is 1.05. The molecule has 0 spiro atoms. The smallest absolute Gasteiger partial charge is 0.0541 e. The van der Waals surface area contributed by atoms with E-state index < -0.39 is 0 Å². The Kier molecular flexibility index (Phi) is 15.6. The summed E-state index contributed by atoms with van der Waals surface area (Å²) >= 11 is 7.43. The number of rotatable bonds is 7. The van der Waals surface area contributed by atoms with Crippen LogP contribution < -0.4 is 0 Å². The molecule has 1 aliphatic rings. The first-order valence-corrected chi connectivity index (χ1v) is 38.4. The van der Waals surface area contributed by atoms with E-state index in [4.69, 9.17) is 0 Å². The van der Waals surface area contributed by atoms with Gasteiger partial charge >= 0.3 is 0 Å². The predicted molar refractivity (Wildman–Crippen MR) is 458 cm³/mol. The van der Waals surface area contributed by atoms with Crippen LogP contribution in [-0.2, 0) is 6.42 Å². The summed E-state index contributed by atoms with van der Waals surface area (Å²) < 4.78 is 8.97. The zero-order valence-electron chi connectivity index (χ0n) is 57.1. The number of thiophene rings is 2. The summed E-state index contributed by atoms with van der Waals surface area (Å²) in [5, 5.41) is 18.1. The van der Waals surface area contributed by atoms with Crippen molar-refractivity contribution in [2.75, 3.05) is 0 Å². The third-order valence-electron chi connectivity index (χ3n) is 21.4. The number of hydrogen-bond acceptors (Lipinski definition) is 2. The molecule has 0 atom stereocenters. The summed E-state index contributed by atoms with van der Waals surface area (Å²) in [7, 11) is 0. The summed E-state index contributed by atoms with van der Waals surface area (Å²) in [4.78, 5) is 0. The van der Waals surface area contributed by atoms with Gasteiger partial charge in [0, 0.05) is 61.3 Å². The van der Waals surface area contributed by atoms with Gasteiger partial charge in [0.1, 0.15) is 0 Å². The molecule has 0 amide bonds. The quantitative estimate of drug-likeness (QED) is 0.140. The highest BCUT2D eigenvalue weighted by molar-refractivity contribution is 9.10. The lowest BCUT2D eigenvalue weighted by Crippen LogP contribution is -1.95. The molecule has 0 N–H and O–H groups in total. The predicted octanol–water partition coefficient (Wildman–Crippen LogP) is 29.8. The van der Waals surface area contributed by atoms with Crippen LogP contribution in [0.5, 0.6) is 0 Å². The largest absolute Gasteiger partial charge is 0.309 e. The summed E-state index contributed by atoms with van der Waals surface area (Å²) in [5.74, 6) is 0. The van der Waals surface area contributed by atoms with E-state index in [9.17, 15) is 0 Å². The van der Waals surface area contributed by atoms with Gasteiger partial charge in [0.15, 0.2) is 0 Å². The molecule has 18 aromatic carbocycles. The molecule has 0 fully saturated rings. The van der Waals surface area contributed by atoms with Crippen molar-refractivity contribution in [2.45, 2.75) is 6.42 Å². The summed E-state index contributed by atoms with van der Waals surface area (Å²) in [6.07, 6.45) is 1.05. The Labute approximate surface area is 625 Å². The zero-order chi connectivity index (χ0) is 69.5. The first-order chi connectivity index (χ1) is 52.0. The average Bonchev–Trinajstić information content (AvgIpc) is 1.73. The second-order valence-electron chi connectivity index (χ2n) is 27.3. The van der Waals surface area contributed by atoms with Crippen LogP contribution >= 0.6 is 38.6 Å². The monoisotopic (exact) mass is 1430 g/mol. The van der Waals surface area contributed by atoms with Gasteiger partial charge in [-0.1, -0.05) is 331 Å². The van der Waals surface area contributed by atoms with Crippen molar-refractivity contribution in [3.05, 3.63) is 392 Å². The fourth-order valence-corrected chi connectivity index (χ4v) is 19.7. The van der Waals surface area contributed by atoms with E-state index in [1.54, 1.807) is 0 Å². The first kappa shape index (κ1) is 62.5. The highest BCUT2D eigenvalue weighted by Gasteiger charge is 2.23. The SMILES string of the molecule is Brc1cccc(-c2c3ccccc3c(-c3ccccc3)c3ccccc23)c1.c1ccc(-c2c3ccccc3c(-c3cccc(-n4c5ccccc5c5cc(-c6cccc7c6sc6ccccc67)ccc54)c3)c3ccccc23)cc1.c1ccc2c(c1)Cc1ccc(-c3cccc4c3sc3ccccc34)cc1-2. The van der Waals surface area contributed by atoms with Gasteiger partial charge in [-0.25, -0.2) is 0 Å². The summed E-state index contributed by atoms with van der Waals surface area (Å²) in [6, 6.07) is 137. The first-order valence-electron chi connectivity index (χ1n) is 35.9. The molecule has 0 saturated heterocycles. The maximum atomic E-state index is 3.64. The number of hydrogen-bond donors (Lipinski definition) is 0.